The van der Waals surface area contributed by atoms with Crippen LogP contribution in [0.25, 0.3) is 0 Å². The van der Waals surface area contributed by atoms with Gasteiger partial charge in [-0.1, -0.05) is 258 Å². The van der Waals surface area contributed by atoms with E-state index in [0.29, 0.717) is 25.7 Å². The molecule has 0 aromatic carbocycles. The summed E-state index contributed by atoms with van der Waals surface area (Å²) >= 11 is 0. The summed E-state index contributed by atoms with van der Waals surface area (Å²) < 4.78 is 67.8. The average molecular weight is 1250 g/mol. The third kappa shape index (κ3) is 60.2. The first-order chi connectivity index (χ1) is 41.0. The van der Waals surface area contributed by atoms with E-state index >= 15 is 0 Å². The summed E-state index contributed by atoms with van der Waals surface area (Å²) in [6, 6.07) is 0. The van der Waals surface area contributed by atoms with Gasteiger partial charge in [0.05, 0.1) is 26.4 Å². The molecule has 0 amide bonds. The lowest BCUT2D eigenvalue weighted by atomic mass is 10.0. The smallest absolute Gasteiger partial charge is 0.462 e. The maximum absolute atomic E-state index is 13.0. The van der Waals surface area contributed by atoms with E-state index in [1.165, 1.54) is 116 Å². The molecule has 0 aromatic heterocycles. The molecule has 0 aliphatic heterocycles. The number of phosphoric acid groups is 2. The predicted octanol–water partition coefficient (Wildman–Crippen LogP) is 18.1. The Labute approximate surface area is 516 Å². The Morgan fingerprint density at radius 2 is 0.635 bits per heavy atom. The van der Waals surface area contributed by atoms with Crippen molar-refractivity contribution >= 4 is 39.5 Å². The highest BCUT2D eigenvalue weighted by molar-refractivity contribution is 7.47. The second kappa shape index (κ2) is 59.2. The summed E-state index contributed by atoms with van der Waals surface area (Å²) in [5.74, 6) is -1.40. The van der Waals surface area contributed by atoms with Crippen LogP contribution in [0, 0.1) is 5.92 Å². The van der Waals surface area contributed by atoms with Crippen LogP contribution in [0.15, 0.2) is 24.3 Å². The minimum absolute atomic E-state index is 0.0849. The van der Waals surface area contributed by atoms with E-state index in [2.05, 4.69) is 58.9 Å². The number of hydrogen-bond acceptors (Lipinski definition) is 15. The Balaban J connectivity index is 5.21. The molecule has 0 aromatic rings. The maximum Gasteiger partial charge on any atom is 0.472 e. The third-order valence-corrected chi connectivity index (χ3v) is 16.6. The fourth-order valence-electron chi connectivity index (χ4n) is 9.40. The molecular formula is C66H124O17P2. The summed E-state index contributed by atoms with van der Waals surface area (Å²) in [5.41, 5.74) is 0. The number of aliphatic hydroxyl groups excluding tert-OH is 1. The molecule has 0 radical (unpaired) electrons. The van der Waals surface area contributed by atoms with Crippen molar-refractivity contribution in [3.63, 3.8) is 0 Å². The van der Waals surface area contributed by atoms with Crippen LogP contribution in [0.4, 0.5) is 0 Å². The van der Waals surface area contributed by atoms with E-state index in [1.807, 2.05) is 0 Å². The van der Waals surface area contributed by atoms with Gasteiger partial charge in [0.1, 0.15) is 19.3 Å². The number of esters is 4. The number of hydrogen-bond donors (Lipinski definition) is 3. The minimum atomic E-state index is -4.95. The van der Waals surface area contributed by atoms with E-state index in [-0.39, 0.29) is 25.7 Å². The topological polar surface area (TPSA) is 237 Å². The number of carbonyl (C=O) groups excluding carboxylic acids is 4. The highest BCUT2D eigenvalue weighted by Gasteiger charge is 2.30. The lowest BCUT2D eigenvalue weighted by Crippen LogP contribution is -2.30. The standard InChI is InChI=1S/C66H124O17P2/c1-6-9-12-15-17-19-21-22-23-24-28-33-37-42-47-52-66(71)83-62(56-77-64(69)50-45-40-35-31-29-25-27-30-34-39-43-48-59(4)5)58-81-85(74,75)79-54-60(67)53-78-84(72,73)80-57-61(55-76-63(68)49-44-38-14-11-8-3)82-65(70)51-46-41-36-32-26-20-18-16-13-10-7-2/h19,21-23,59-62,67H,6-18,20,24-58H2,1-5H3,(H,72,73)(H,74,75)/b21-19-,23-22-/t60-,61+,62+/m0/s1. The van der Waals surface area contributed by atoms with Crippen molar-refractivity contribution in [2.75, 3.05) is 39.6 Å². The molecule has 0 bridgehead atoms. The van der Waals surface area contributed by atoms with Gasteiger partial charge in [-0.3, -0.25) is 37.3 Å². The number of ether oxygens (including phenoxy) is 4. The van der Waals surface area contributed by atoms with E-state index in [4.69, 9.17) is 37.0 Å². The summed E-state index contributed by atoms with van der Waals surface area (Å²) in [7, 11) is -9.89. The minimum Gasteiger partial charge on any atom is -0.462 e. The van der Waals surface area contributed by atoms with Gasteiger partial charge in [-0.2, -0.15) is 0 Å². The number of carbonyl (C=O) groups is 4. The molecule has 2 unspecified atom stereocenters. The number of allylic oxidation sites excluding steroid dienone is 4. The first kappa shape index (κ1) is 82.5. The normalized spacial score (nSPS) is 14.4. The van der Waals surface area contributed by atoms with E-state index < -0.39 is 97.5 Å². The molecule has 0 rings (SSSR count). The third-order valence-electron chi connectivity index (χ3n) is 14.7. The first-order valence-corrected chi connectivity index (χ1v) is 36.9. The number of rotatable bonds is 64. The molecule has 0 heterocycles. The SMILES string of the molecule is CCCCCC/C=C\C=C/CCCCCCCC(=O)O[C@H](COC(=O)CCCCCCCCCCCCCC(C)C)COP(=O)(O)OC[C@@H](O)COP(=O)(O)OC[C@@H](COC(=O)CCCCCCC)OC(=O)CCCCCCCCCCCCC. The molecule has 19 heteroatoms. The molecule has 3 N–H and O–H groups in total. The Kier molecular flexibility index (Phi) is 57.5. The van der Waals surface area contributed by atoms with E-state index in [1.54, 1.807) is 0 Å². The van der Waals surface area contributed by atoms with Crippen LogP contribution in [0.5, 0.6) is 0 Å². The largest absolute Gasteiger partial charge is 0.472 e. The fourth-order valence-corrected chi connectivity index (χ4v) is 11.0. The summed E-state index contributed by atoms with van der Waals surface area (Å²) in [6.45, 7) is 7.06. The van der Waals surface area contributed by atoms with Crippen molar-refractivity contribution in [1.29, 1.82) is 0 Å². The monoisotopic (exact) mass is 1250 g/mol. The number of unbranched alkanes of at least 4 members (excludes halogenated alkanes) is 33. The highest BCUT2D eigenvalue weighted by atomic mass is 31.2. The zero-order valence-corrected chi connectivity index (χ0v) is 56.0. The molecule has 0 saturated carbocycles. The van der Waals surface area contributed by atoms with Gasteiger partial charge in [0.25, 0.3) is 0 Å². The fraction of sp³-hybridized carbons (Fsp3) is 0.879. The second-order valence-corrected chi connectivity index (χ2v) is 26.6. The molecule has 500 valence electrons. The van der Waals surface area contributed by atoms with Gasteiger partial charge >= 0.3 is 39.5 Å². The van der Waals surface area contributed by atoms with Crippen molar-refractivity contribution in [1.82, 2.24) is 0 Å². The summed E-state index contributed by atoms with van der Waals surface area (Å²) in [5, 5.41) is 10.5. The zero-order chi connectivity index (χ0) is 62.8. The van der Waals surface area contributed by atoms with Gasteiger partial charge in [-0.15, -0.1) is 0 Å². The van der Waals surface area contributed by atoms with E-state index in [0.717, 1.165) is 115 Å². The second-order valence-electron chi connectivity index (χ2n) is 23.6. The lowest BCUT2D eigenvalue weighted by Gasteiger charge is -2.21. The van der Waals surface area contributed by atoms with Crippen LogP contribution in [0.3, 0.4) is 0 Å². The maximum atomic E-state index is 13.0. The molecule has 0 fully saturated rings. The van der Waals surface area contributed by atoms with E-state index in [9.17, 15) is 43.2 Å². The van der Waals surface area contributed by atoms with Gasteiger partial charge in [0.15, 0.2) is 12.2 Å². The van der Waals surface area contributed by atoms with Crippen LogP contribution in [0.1, 0.15) is 311 Å². The Hall–Kier alpha value is -2.46. The summed E-state index contributed by atoms with van der Waals surface area (Å²) in [6.07, 6.45) is 46.9. The number of aliphatic hydroxyl groups is 1. The molecular weight excluding hydrogens is 1130 g/mol. The number of phosphoric ester groups is 2. The van der Waals surface area contributed by atoms with Crippen LogP contribution >= 0.6 is 15.6 Å². The van der Waals surface area contributed by atoms with Gasteiger partial charge in [0, 0.05) is 25.7 Å². The Morgan fingerprint density at radius 3 is 0.965 bits per heavy atom. The van der Waals surface area contributed by atoms with Crippen LogP contribution in [-0.2, 0) is 65.4 Å². The average Bonchev–Trinajstić information content (AvgIpc) is 3.47. The molecule has 5 atom stereocenters. The van der Waals surface area contributed by atoms with Crippen molar-refractivity contribution < 1.29 is 80.2 Å². The molecule has 85 heavy (non-hydrogen) atoms. The quantitative estimate of drug-likeness (QED) is 0.0169. The Bertz CT molecular complexity index is 1740. The lowest BCUT2D eigenvalue weighted by molar-refractivity contribution is -0.161. The zero-order valence-electron chi connectivity index (χ0n) is 54.2. The van der Waals surface area contributed by atoms with Gasteiger partial charge in [-0.05, 0) is 57.3 Å². The van der Waals surface area contributed by atoms with Crippen LogP contribution in [-0.4, -0.2) is 96.7 Å². The molecule has 0 spiro atoms. The van der Waals surface area contributed by atoms with Crippen molar-refractivity contribution in [2.24, 2.45) is 5.92 Å². The van der Waals surface area contributed by atoms with Crippen molar-refractivity contribution in [2.45, 2.75) is 329 Å². The van der Waals surface area contributed by atoms with Gasteiger partial charge in [-0.25, -0.2) is 9.13 Å². The van der Waals surface area contributed by atoms with Gasteiger partial charge in [0.2, 0.25) is 0 Å². The van der Waals surface area contributed by atoms with Gasteiger partial charge < -0.3 is 33.8 Å². The van der Waals surface area contributed by atoms with Crippen LogP contribution < -0.4 is 0 Å². The van der Waals surface area contributed by atoms with Crippen LogP contribution in [0.2, 0.25) is 0 Å². The molecule has 0 aliphatic rings. The molecule has 0 saturated heterocycles. The molecule has 0 aliphatic carbocycles. The summed E-state index contributed by atoms with van der Waals surface area (Å²) in [4.78, 5) is 72.0. The van der Waals surface area contributed by atoms with Crippen molar-refractivity contribution in [3.8, 4) is 0 Å². The predicted molar refractivity (Wildman–Crippen MR) is 340 cm³/mol. The molecule has 17 nitrogen and oxygen atoms in total. The highest BCUT2D eigenvalue weighted by Crippen LogP contribution is 2.45. The first-order valence-electron chi connectivity index (χ1n) is 34.0. The van der Waals surface area contributed by atoms with Crippen molar-refractivity contribution in [3.05, 3.63) is 24.3 Å². The Morgan fingerprint density at radius 1 is 0.365 bits per heavy atom.